The lowest BCUT2D eigenvalue weighted by Gasteiger charge is -2.26. The summed E-state index contributed by atoms with van der Waals surface area (Å²) in [5.74, 6) is 0.124. The Morgan fingerprint density at radius 1 is 1.03 bits per heavy atom. The fraction of sp³-hybridized carbons (Fsp3) is 0.458. The first-order valence-corrected chi connectivity index (χ1v) is 12.1. The molecule has 0 radical (unpaired) electrons. The minimum absolute atomic E-state index is 0.179. The maximum absolute atomic E-state index is 13.4. The largest absolute Gasteiger partial charge is 0.354 e. The van der Waals surface area contributed by atoms with Crippen LogP contribution in [-0.2, 0) is 14.8 Å². The van der Waals surface area contributed by atoms with E-state index in [1.54, 1.807) is 36.4 Å². The van der Waals surface area contributed by atoms with Crippen LogP contribution in [0.5, 0.6) is 0 Å². The first-order valence-electron chi connectivity index (χ1n) is 10.7. The van der Waals surface area contributed by atoms with Crippen LogP contribution in [-0.4, -0.2) is 27.4 Å². The van der Waals surface area contributed by atoms with E-state index in [2.05, 4.69) is 19.2 Å². The van der Waals surface area contributed by atoms with Gasteiger partial charge in [-0.2, -0.15) is 0 Å². The summed E-state index contributed by atoms with van der Waals surface area (Å²) in [4.78, 5) is 12.9. The molecule has 0 heterocycles. The zero-order chi connectivity index (χ0) is 22.1. The Balaban J connectivity index is 2.26. The number of hydrogen-bond donors (Lipinski definition) is 1. The standard InChI is InChI=1S/C24H34N2O3S/c1-5-7-11-21(6-2)17-25-24(27)18-26(23-12-9-8-10-20(23)4)30(28,29)22-15-13-19(3)14-16-22/h8-10,12-16,21H,5-7,11,17-18H2,1-4H3,(H,25,27)/t21-/m0/s1. The molecule has 164 valence electrons. The Kier molecular flexibility index (Phi) is 8.90. The molecule has 0 saturated carbocycles. The maximum atomic E-state index is 13.4. The molecular formula is C24H34N2O3S. The summed E-state index contributed by atoms with van der Waals surface area (Å²) < 4.78 is 28.0. The van der Waals surface area contributed by atoms with Gasteiger partial charge in [0.2, 0.25) is 5.91 Å². The minimum atomic E-state index is -3.87. The number of nitrogens with one attached hydrogen (secondary N) is 1. The highest BCUT2D eigenvalue weighted by atomic mass is 32.2. The highest BCUT2D eigenvalue weighted by Crippen LogP contribution is 2.26. The van der Waals surface area contributed by atoms with Gasteiger partial charge in [-0.15, -0.1) is 0 Å². The molecule has 2 aromatic carbocycles. The first kappa shape index (κ1) is 23.9. The van der Waals surface area contributed by atoms with E-state index in [1.807, 2.05) is 26.0 Å². The summed E-state index contributed by atoms with van der Waals surface area (Å²) in [6.07, 6.45) is 4.31. The predicted molar refractivity (Wildman–Crippen MR) is 123 cm³/mol. The lowest BCUT2D eigenvalue weighted by atomic mass is 9.99. The van der Waals surface area contributed by atoms with Crippen molar-refractivity contribution in [3.05, 3.63) is 59.7 Å². The number of anilines is 1. The topological polar surface area (TPSA) is 66.5 Å². The van der Waals surface area contributed by atoms with Crippen LogP contribution in [0.3, 0.4) is 0 Å². The third-order valence-electron chi connectivity index (χ3n) is 5.41. The van der Waals surface area contributed by atoms with Crippen molar-refractivity contribution >= 4 is 21.6 Å². The molecule has 0 aliphatic heterocycles. The second kappa shape index (κ2) is 11.2. The molecule has 0 aliphatic rings. The number of benzene rings is 2. The summed E-state index contributed by atoms with van der Waals surface area (Å²) in [6, 6.07) is 13.9. The van der Waals surface area contributed by atoms with Crippen molar-refractivity contribution in [3.8, 4) is 0 Å². The highest BCUT2D eigenvalue weighted by molar-refractivity contribution is 7.92. The lowest BCUT2D eigenvalue weighted by molar-refractivity contribution is -0.119. The van der Waals surface area contributed by atoms with Gasteiger partial charge in [0.15, 0.2) is 0 Å². The van der Waals surface area contributed by atoms with E-state index in [9.17, 15) is 13.2 Å². The Hall–Kier alpha value is -2.34. The zero-order valence-electron chi connectivity index (χ0n) is 18.5. The van der Waals surface area contributed by atoms with Crippen molar-refractivity contribution in [2.45, 2.75) is 58.3 Å². The third-order valence-corrected chi connectivity index (χ3v) is 7.19. The molecule has 2 aromatic rings. The van der Waals surface area contributed by atoms with Crippen molar-refractivity contribution < 1.29 is 13.2 Å². The molecule has 1 N–H and O–H groups in total. The smallest absolute Gasteiger partial charge is 0.264 e. The van der Waals surface area contributed by atoms with Crippen molar-refractivity contribution in [1.29, 1.82) is 0 Å². The monoisotopic (exact) mass is 430 g/mol. The average Bonchev–Trinajstić information content (AvgIpc) is 2.73. The minimum Gasteiger partial charge on any atom is -0.354 e. The highest BCUT2D eigenvalue weighted by Gasteiger charge is 2.28. The van der Waals surface area contributed by atoms with Gasteiger partial charge >= 0.3 is 0 Å². The van der Waals surface area contributed by atoms with Crippen molar-refractivity contribution in [1.82, 2.24) is 5.32 Å². The molecule has 0 unspecified atom stereocenters. The van der Waals surface area contributed by atoms with Gasteiger partial charge < -0.3 is 5.32 Å². The van der Waals surface area contributed by atoms with E-state index < -0.39 is 10.0 Å². The molecular weight excluding hydrogens is 396 g/mol. The van der Waals surface area contributed by atoms with Gasteiger partial charge in [-0.25, -0.2) is 8.42 Å². The predicted octanol–water partition coefficient (Wildman–Crippen LogP) is 4.83. The normalized spacial score (nSPS) is 12.4. The Morgan fingerprint density at radius 3 is 2.30 bits per heavy atom. The van der Waals surface area contributed by atoms with Gasteiger partial charge in [0.05, 0.1) is 10.6 Å². The molecule has 5 nitrogen and oxygen atoms in total. The van der Waals surface area contributed by atoms with Crippen LogP contribution in [0.4, 0.5) is 5.69 Å². The number of amides is 1. The molecule has 0 aliphatic carbocycles. The van der Waals surface area contributed by atoms with Crippen LogP contribution in [0.2, 0.25) is 0 Å². The molecule has 1 amide bonds. The summed E-state index contributed by atoms with van der Waals surface area (Å²) in [5.41, 5.74) is 2.30. The quantitative estimate of drug-likeness (QED) is 0.555. The van der Waals surface area contributed by atoms with E-state index >= 15 is 0 Å². The number of sulfonamides is 1. The summed E-state index contributed by atoms with van der Waals surface area (Å²) in [7, 11) is -3.87. The fourth-order valence-corrected chi connectivity index (χ4v) is 4.85. The molecule has 0 bridgehead atoms. The number of nitrogens with zero attached hydrogens (tertiary/aromatic N) is 1. The number of aryl methyl sites for hydroxylation is 2. The number of carbonyl (C=O) groups excluding carboxylic acids is 1. The maximum Gasteiger partial charge on any atom is 0.264 e. The number of hydrogen-bond acceptors (Lipinski definition) is 3. The van der Waals surface area contributed by atoms with Gasteiger partial charge in [0.1, 0.15) is 6.54 Å². The first-order chi connectivity index (χ1) is 14.3. The molecule has 0 spiro atoms. The number of para-hydroxylation sites is 1. The van der Waals surface area contributed by atoms with Crippen LogP contribution in [0.15, 0.2) is 53.4 Å². The second-order valence-electron chi connectivity index (χ2n) is 7.83. The SMILES string of the molecule is CCCC[C@H](CC)CNC(=O)CN(c1ccccc1C)S(=O)(=O)c1ccc(C)cc1. The summed E-state index contributed by atoms with van der Waals surface area (Å²) >= 11 is 0. The second-order valence-corrected chi connectivity index (χ2v) is 9.69. The van der Waals surface area contributed by atoms with Crippen molar-refractivity contribution in [2.75, 3.05) is 17.4 Å². The number of rotatable bonds is 11. The van der Waals surface area contributed by atoms with E-state index in [-0.39, 0.29) is 17.3 Å². The van der Waals surface area contributed by atoms with Crippen LogP contribution in [0, 0.1) is 19.8 Å². The van der Waals surface area contributed by atoms with E-state index in [1.165, 1.54) is 4.31 Å². The third kappa shape index (κ3) is 6.33. The lowest BCUT2D eigenvalue weighted by Crippen LogP contribution is -2.42. The van der Waals surface area contributed by atoms with Crippen LogP contribution < -0.4 is 9.62 Å². The molecule has 6 heteroatoms. The number of carbonyl (C=O) groups is 1. The fourth-order valence-electron chi connectivity index (χ4n) is 3.37. The molecule has 30 heavy (non-hydrogen) atoms. The van der Waals surface area contributed by atoms with Gasteiger partial charge in [0.25, 0.3) is 10.0 Å². The van der Waals surface area contributed by atoms with Gasteiger partial charge in [-0.1, -0.05) is 69.0 Å². The van der Waals surface area contributed by atoms with Crippen LogP contribution in [0.1, 0.15) is 50.7 Å². The van der Waals surface area contributed by atoms with Crippen LogP contribution in [0.25, 0.3) is 0 Å². The van der Waals surface area contributed by atoms with E-state index in [4.69, 9.17) is 0 Å². The van der Waals surface area contributed by atoms with Gasteiger partial charge in [-0.3, -0.25) is 9.10 Å². The van der Waals surface area contributed by atoms with E-state index in [0.717, 1.165) is 36.8 Å². The number of unbranched alkanes of at least 4 members (excludes halogenated alkanes) is 1. The van der Waals surface area contributed by atoms with Crippen LogP contribution >= 0.6 is 0 Å². The Morgan fingerprint density at radius 2 is 1.70 bits per heavy atom. The molecule has 0 aromatic heterocycles. The zero-order valence-corrected chi connectivity index (χ0v) is 19.3. The Bertz CT molecular complexity index is 924. The van der Waals surface area contributed by atoms with Gasteiger partial charge in [0, 0.05) is 6.54 Å². The van der Waals surface area contributed by atoms with Crippen molar-refractivity contribution in [2.24, 2.45) is 5.92 Å². The van der Waals surface area contributed by atoms with E-state index in [0.29, 0.717) is 18.2 Å². The summed E-state index contributed by atoms with van der Waals surface area (Å²) in [5, 5.41) is 2.95. The summed E-state index contributed by atoms with van der Waals surface area (Å²) in [6.45, 7) is 8.36. The molecule has 2 rings (SSSR count). The van der Waals surface area contributed by atoms with Crippen molar-refractivity contribution in [3.63, 3.8) is 0 Å². The molecule has 0 fully saturated rings. The molecule has 1 atom stereocenters. The van der Waals surface area contributed by atoms with Gasteiger partial charge in [-0.05, 0) is 49.9 Å². The Labute approximate surface area is 181 Å². The average molecular weight is 431 g/mol. The molecule has 0 saturated heterocycles.